The molecule has 11 nitrogen and oxygen atoms in total. The number of hydrogen-bond acceptors (Lipinski definition) is 10. The quantitative estimate of drug-likeness (QED) is 0.333. The maximum atomic E-state index is 14.0. The minimum atomic E-state index is -2.63. The maximum Gasteiger partial charge on any atom is 0.255 e. The predicted molar refractivity (Wildman–Crippen MR) is 141 cm³/mol. The van der Waals surface area contributed by atoms with Gasteiger partial charge < -0.3 is 31.1 Å². The number of phenolic OH excluding ortho intramolecular Hbond substituents is 1. The molecule has 2 aliphatic heterocycles. The average Bonchev–Trinajstić information content (AvgIpc) is 3.21. The van der Waals surface area contributed by atoms with Crippen LogP contribution in [0.4, 0.5) is 5.69 Å². The number of amides is 1. The van der Waals surface area contributed by atoms with Crippen LogP contribution >= 0.6 is 0 Å². The van der Waals surface area contributed by atoms with E-state index in [-0.39, 0.29) is 35.8 Å². The Labute approximate surface area is 225 Å². The van der Waals surface area contributed by atoms with Crippen molar-refractivity contribution in [3.63, 3.8) is 0 Å². The Morgan fingerprint density at radius 2 is 1.87 bits per heavy atom. The Kier molecular flexibility index (Phi) is 5.50. The predicted octanol–water partition coefficient (Wildman–Crippen LogP) is 0.407. The first kappa shape index (κ1) is 25.8. The molecule has 0 radical (unpaired) electrons. The van der Waals surface area contributed by atoms with Crippen LogP contribution in [-0.2, 0) is 20.8 Å². The van der Waals surface area contributed by atoms with Gasteiger partial charge in [-0.3, -0.25) is 24.2 Å². The number of rotatable bonds is 2. The molecule has 0 spiro atoms. The molecule has 6 N–H and O–H groups in total. The molecular formula is C28H34N4O7. The number of carbonyl (C=O) groups excluding carboxylic acids is 3. The Bertz CT molecular complexity index is 1410. The van der Waals surface area contributed by atoms with Crippen LogP contribution in [0.5, 0.6) is 5.75 Å². The van der Waals surface area contributed by atoms with Crippen molar-refractivity contribution in [3.05, 3.63) is 39.7 Å². The Morgan fingerprint density at radius 3 is 2.51 bits per heavy atom. The van der Waals surface area contributed by atoms with E-state index in [0.717, 1.165) is 36.3 Å². The summed E-state index contributed by atoms with van der Waals surface area (Å²) in [5.74, 6) is -5.98. The molecule has 208 valence electrons. The summed E-state index contributed by atoms with van der Waals surface area (Å²) in [5, 5.41) is 45.4. The van der Waals surface area contributed by atoms with Crippen molar-refractivity contribution in [3.8, 4) is 5.75 Å². The van der Waals surface area contributed by atoms with E-state index in [1.165, 1.54) is 4.90 Å². The number of aliphatic hydroxyl groups excluding tert-OH is 2. The molecule has 39 heavy (non-hydrogen) atoms. The number of aromatic hydroxyl groups is 1. The van der Waals surface area contributed by atoms with Gasteiger partial charge in [-0.2, -0.15) is 0 Å². The number of nitrogens with two attached hydrogens (primary N) is 1. The number of hydrogen-bond donors (Lipinski definition) is 5. The van der Waals surface area contributed by atoms with Gasteiger partial charge in [0.2, 0.25) is 5.78 Å². The Balaban J connectivity index is 1.56. The van der Waals surface area contributed by atoms with Crippen molar-refractivity contribution in [2.45, 2.75) is 36.9 Å². The Hall–Kier alpha value is -3.41. The van der Waals surface area contributed by atoms with E-state index in [2.05, 4.69) is 16.8 Å². The highest BCUT2D eigenvalue weighted by Gasteiger charge is 2.64. The lowest BCUT2D eigenvalue weighted by molar-refractivity contribution is -0.153. The minimum absolute atomic E-state index is 0.0753. The van der Waals surface area contributed by atoms with Gasteiger partial charge >= 0.3 is 0 Å². The van der Waals surface area contributed by atoms with E-state index >= 15 is 0 Å². The van der Waals surface area contributed by atoms with Crippen molar-refractivity contribution < 1.29 is 34.8 Å². The summed E-state index contributed by atoms with van der Waals surface area (Å²) in [6.07, 6.45) is 1.41. The van der Waals surface area contributed by atoms with Gasteiger partial charge in [0.25, 0.3) is 5.91 Å². The number of ketones is 2. The van der Waals surface area contributed by atoms with Crippen LogP contribution in [0, 0.1) is 17.8 Å². The lowest BCUT2D eigenvalue weighted by Crippen LogP contribution is -2.65. The van der Waals surface area contributed by atoms with Crippen LogP contribution in [0.25, 0.3) is 5.76 Å². The fraction of sp³-hybridized carbons (Fsp3) is 0.536. The zero-order valence-corrected chi connectivity index (χ0v) is 22.4. The summed E-state index contributed by atoms with van der Waals surface area (Å²) in [6.45, 7) is 1.76. The van der Waals surface area contributed by atoms with E-state index in [1.54, 1.807) is 20.2 Å². The fourth-order valence-corrected chi connectivity index (χ4v) is 8.16. The third-order valence-corrected chi connectivity index (χ3v) is 9.71. The largest absolute Gasteiger partial charge is 0.508 e. The van der Waals surface area contributed by atoms with Gasteiger partial charge in [0.15, 0.2) is 11.4 Å². The summed E-state index contributed by atoms with van der Waals surface area (Å²) in [5.41, 5.74) is 4.55. The molecular weight excluding hydrogens is 504 g/mol. The summed E-state index contributed by atoms with van der Waals surface area (Å²) in [7, 11) is 7.23. The number of phenols is 1. The number of primary amides is 1. The lowest BCUT2D eigenvalue weighted by atomic mass is 9.57. The minimum Gasteiger partial charge on any atom is -0.508 e. The van der Waals surface area contributed by atoms with Crippen LogP contribution in [0.3, 0.4) is 0 Å². The van der Waals surface area contributed by atoms with E-state index in [0.29, 0.717) is 5.92 Å². The molecule has 0 bridgehead atoms. The second-order valence-corrected chi connectivity index (χ2v) is 12.0. The molecule has 3 aliphatic carbocycles. The number of likely N-dealkylation sites (N-methyl/N-ethyl adjacent to an activating group) is 1. The number of Topliss-reactive ketones (excluding diaryl/α,β-unsaturated/α-hetero) is 2. The van der Waals surface area contributed by atoms with E-state index in [9.17, 15) is 34.8 Å². The number of carbonyl (C=O) groups is 3. The summed E-state index contributed by atoms with van der Waals surface area (Å²) in [6, 6.07) is 0.687. The molecule has 1 saturated carbocycles. The van der Waals surface area contributed by atoms with Crippen LogP contribution in [0.15, 0.2) is 23.0 Å². The number of benzene rings is 1. The van der Waals surface area contributed by atoms with Crippen LogP contribution in [0.2, 0.25) is 0 Å². The zero-order valence-electron chi connectivity index (χ0n) is 22.4. The topological polar surface area (TPSA) is 168 Å². The maximum absolute atomic E-state index is 14.0. The number of aliphatic hydroxyl groups is 3. The van der Waals surface area contributed by atoms with Gasteiger partial charge in [-0.1, -0.05) is 0 Å². The number of nitrogens with zero attached hydrogens (tertiary/aromatic N) is 3. The molecule has 2 heterocycles. The van der Waals surface area contributed by atoms with Gasteiger partial charge in [-0.15, -0.1) is 0 Å². The van der Waals surface area contributed by atoms with Gasteiger partial charge in [0, 0.05) is 36.8 Å². The van der Waals surface area contributed by atoms with Gasteiger partial charge in [-0.05, 0) is 76.0 Å². The number of fused-ring (bicyclic) bond motifs is 7. The monoisotopic (exact) mass is 538 g/mol. The molecule has 6 rings (SSSR count). The van der Waals surface area contributed by atoms with Crippen molar-refractivity contribution in [1.82, 2.24) is 9.80 Å². The molecule has 1 saturated heterocycles. The summed E-state index contributed by atoms with van der Waals surface area (Å²) >= 11 is 0. The normalized spacial score (nSPS) is 34.1. The first-order chi connectivity index (χ1) is 18.3. The molecule has 1 aromatic carbocycles. The van der Waals surface area contributed by atoms with Gasteiger partial charge in [-0.25, -0.2) is 0 Å². The molecule has 11 heteroatoms. The summed E-state index contributed by atoms with van der Waals surface area (Å²) in [4.78, 5) is 45.3. The van der Waals surface area contributed by atoms with Crippen LogP contribution in [0.1, 0.15) is 35.6 Å². The molecule has 5 aliphatic rings. The average molecular weight is 539 g/mol. The van der Waals surface area contributed by atoms with Crippen molar-refractivity contribution in [2.75, 3.05) is 46.2 Å². The first-order valence-electron chi connectivity index (χ1n) is 13.3. The van der Waals surface area contributed by atoms with Crippen LogP contribution in [-0.4, -0.2) is 101 Å². The molecule has 0 aromatic heterocycles. The highest BCUT2D eigenvalue weighted by atomic mass is 16.3. The van der Waals surface area contributed by atoms with Gasteiger partial charge in [0.05, 0.1) is 11.6 Å². The third kappa shape index (κ3) is 3.17. The van der Waals surface area contributed by atoms with E-state index in [1.807, 2.05) is 7.05 Å². The highest BCUT2D eigenvalue weighted by molar-refractivity contribution is 6.24. The molecule has 2 unspecified atom stereocenters. The van der Waals surface area contributed by atoms with E-state index < -0.39 is 58.0 Å². The smallest absolute Gasteiger partial charge is 0.255 e. The number of anilines is 1. The molecule has 2 fully saturated rings. The SMILES string of the molecule is CN1CC2CCN(C)C2c2cc(O)c3c(c21)C[C@@H]1C[C@@H]2[C@@H](N(C)C)C(=O)C(C(N)=O)=C(O)[C@@]2(O)C(=O)C1=C3O. The van der Waals surface area contributed by atoms with Gasteiger partial charge in [0.1, 0.15) is 22.8 Å². The standard InChI is InChI=1S/C28H34N4O7/c1-30(2)22-15-8-12-7-13-18(16(33)9-14-20-11(5-6-31(20)3)10-32(4)21(13)14)23(34)17(12)25(36)28(15,39)26(37)19(24(22)35)27(29)38/h9,11-12,15,20,22,33-34,37,39H,5-8,10H2,1-4H3,(H2,29,38)/t11?,12-,15-,20?,22-,28+/m1/s1. The highest BCUT2D eigenvalue weighted by Crippen LogP contribution is 2.56. The van der Waals surface area contributed by atoms with Crippen molar-refractivity contribution in [2.24, 2.45) is 23.5 Å². The van der Waals surface area contributed by atoms with Crippen LogP contribution < -0.4 is 10.6 Å². The third-order valence-electron chi connectivity index (χ3n) is 9.71. The van der Waals surface area contributed by atoms with E-state index in [4.69, 9.17) is 5.73 Å². The second kappa shape index (κ2) is 8.30. The molecule has 1 amide bonds. The van der Waals surface area contributed by atoms with Crippen molar-refractivity contribution in [1.29, 1.82) is 0 Å². The first-order valence-corrected chi connectivity index (χ1v) is 13.3. The fourth-order valence-electron chi connectivity index (χ4n) is 8.16. The number of likely N-dealkylation sites (tertiary alicyclic amines) is 1. The summed E-state index contributed by atoms with van der Waals surface area (Å²) < 4.78 is 0. The second-order valence-electron chi connectivity index (χ2n) is 12.0. The zero-order chi connectivity index (χ0) is 28.3. The molecule has 6 atom stereocenters. The lowest BCUT2D eigenvalue weighted by Gasteiger charge is -2.50. The molecule has 1 aromatic rings. The Morgan fingerprint density at radius 1 is 1.18 bits per heavy atom. The van der Waals surface area contributed by atoms with Crippen molar-refractivity contribution >= 4 is 28.9 Å².